The summed E-state index contributed by atoms with van der Waals surface area (Å²) in [6, 6.07) is 7.61. The lowest BCUT2D eigenvalue weighted by atomic mass is 10.1. The molecule has 0 aliphatic carbocycles. The summed E-state index contributed by atoms with van der Waals surface area (Å²) in [7, 11) is 3.51. The molecule has 0 saturated heterocycles. The van der Waals surface area contributed by atoms with Gasteiger partial charge in [-0.2, -0.15) is 11.8 Å². The normalized spacial score (nSPS) is 11.5. The van der Waals surface area contributed by atoms with Crippen LogP contribution in [0.2, 0.25) is 0 Å². The van der Waals surface area contributed by atoms with Crippen molar-refractivity contribution in [3.05, 3.63) is 35.4 Å². The van der Waals surface area contributed by atoms with Crippen molar-refractivity contribution >= 4 is 47.6 Å². The van der Waals surface area contributed by atoms with E-state index in [1.54, 1.807) is 19.0 Å². The minimum Gasteiger partial charge on any atom is -0.357 e. The van der Waals surface area contributed by atoms with Crippen molar-refractivity contribution in [1.29, 1.82) is 0 Å². The topological polar surface area (TPSA) is 56.7 Å². The molecule has 5 nitrogen and oxygen atoms in total. The van der Waals surface area contributed by atoms with E-state index in [1.165, 1.54) is 0 Å². The van der Waals surface area contributed by atoms with Crippen LogP contribution in [-0.2, 0) is 6.54 Å². The Kier molecular flexibility index (Phi) is 11.2. The van der Waals surface area contributed by atoms with Crippen LogP contribution in [0, 0.1) is 0 Å². The molecule has 0 bridgehead atoms. The summed E-state index contributed by atoms with van der Waals surface area (Å²) >= 11 is 1.83. The van der Waals surface area contributed by atoms with Gasteiger partial charge in [0.05, 0.1) is 6.54 Å². The summed E-state index contributed by atoms with van der Waals surface area (Å²) in [6.45, 7) is 8.70. The largest absolute Gasteiger partial charge is 0.357 e. The van der Waals surface area contributed by atoms with Crippen molar-refractivity contribution in [1.82, 2.24) is 15.5 Å². The van der Waals surface area contributed by atoms with Crippen molar-refractivity contribution in [2.24, 2.45) is 4.99 Å². The standard InChI is InChI=1S/C18H30N4OS.HI/c1-7-19-17(21-13-18(2,3)24-6)20-12-14-8-10-15(11-9-14)16(23)22(4)5;/h8-11H,7,12-13H2,1-6H3,(H2,19,20,21);1H. The second-order valence-electron chi connectivity index (χ2n) is 6.41. The van der Waals surface area contributed by atoms with Crippen LogP contribution in [0.15, 0.2) is 29.3 Å². The number of hydrogen-bond donors (Lipinski definition) is 2. The minimum atomic E-state index is 0. The third kappa shape index (κ3) is 8.80. The van der Waals surface area contributed by atoms with Gasteiger partial charge in [-0.25, -0.2) is 4.99 Å². The Morgan fingerprint density at radius 2 is 1.80 bits per heavy atom. The lowest BCUT2D eigenvalue weighted by molar-refractivity contribution is 0.0827. The van der Waals surface area contributed by atoms with Gasteiger partial charge in [0.15, 0.2) is 5.96 Å². The second kappa shape index (κ2) is 11.6. The lowest BCUT2D eigenvalue weighted by Crippen LogP contribution is -2.43. The zero-order valence-corrected chi connectivity index (χ0v) is 19.2. The van der Waals surface area contributed by atoms with Crippen LogP contribution < -0.4 is 10.6 Å². The van der Waals surface area contributed by atoms with Gasteiger partial charge in [0.2, 0.25) is 0 Å². The maximum Gasteiger partial charge on any atom is 0.253 e. The summed E-state index contributed by atoms with van der Waals surface area (Å²) in [5.41, 5.74) is 1.77. The number of carbonyl (C=O) groups excluding carboxylic acids is 1. The molecule has 0 heterocycles. The molecular formula is C18H31IN4OS. The number of nitrogens with zero attached hydrogens (tertiary/aromatic N) is 2. The predicted molar refractivity (Wildman–Crippen MR) is 120 cm³/mol. The highest BCUT2D eigenvalue weighted by atomic mass is 127. The van der Waals surface area contributed by atoms with E-state index in [9.17, 15) is 4.79 Å². The van der Waals surface area contributed by atoms with Gasteiger partial charge in [0.25, 0.3) is 5.91 Å². The molecule has 2 N–H and O–H groups in total. The molecule has 0 saturated carbocycles. The lowest BCUT2D eigenvalue weighted by Gasteiger charge is -2.23. The van der Waals surface area contributed by atoms with Crippen molar-refractivity contribution in [2.75, 3.05) is 33.4 Å². The highest BCUT2D eigenvalue weighted by Gasteiger charge is 2.16. The van der Waals surface area contributed by atoms with Gasteiger partial charge in [-0.1, -0.05) is 12.1 Å². The monoisotopic (exact) mass is 478 g/mol. The molecule has 1 amide bonds. The minimum absolute atomic E-state index is 0. The fourth-order valence-corrected chi connectivity index (χ4v) is 2.11. The number of halogens is 1. The average molecular weight is 478 g/mol. The van der Waals surface area contributed by atoms with Crippen molar-refractivity contribution < 1.29 is 4.79 Å². The fourth-order valence-electron chi connectivity index (χ4n) is 1.89. The van der Waals surface area contributed by atoms with Gasteiger partial charge in [-0.3, -0.25) is 4.79 Å². The molecule has 7 heteroatoms. The van der Waals surface area contributed by atoms with Crippen molar-refractivity contribution in [3.8, 4) is 0 Å². The van der Waals surface area contributed by atoms with Gasteiger partial charge < -0.3 is 15.5 Å². The molecule has 0 atom stereocenters. The predicted octanol–water partition coefficient (Wildman–Crippen LogP) is 3.20. The summed E-state index contributed by atoms with van der Waals surface area (Å²) < 4.78 is 0.157. The van der Waals surface area contributed by atoms with E-state index >= 15 is 0 Å². The maximum absolute atomic E-state index is 11.9. The first-order valence-corrected chi connectivity index (χ1v) is 9.39. The zero-order valence-electron chi connectivity index (χ0n) is 16.0. The molecule has 0 aromatic heterocycles. The fraction of sp³-hybridized carbons (Fsp3) is 0.556. The first-order valence-electron chi connectivity index (χ1n) is 8.17. The van der Waals surface area contributed by atoms with Gasteiger partial charge in [-0.05, 0) is 44.7 Å². The van der Waals surface area contributed by atoms with Crippen LogP contribution in [0.1, 0.15) is 36.7 Å². The average Bonchev–Trinajstić information content (AvgIpc) is 2.57. The molecule has 0 radical (unpaired) electrons. The smallest absolute Gasteiger partial charge is 0.253 e. The van der Waals surface area contributed by atoms with Crippen LogP contribution in [0.3, 0.4) is 0 Å². The Morgan fingerprint density at radius 1 is 1.20 bits per heavy atom. The molecule has 0 unspecified atom stereocenters. The third-order valence-electron chi connectivity index (χ3n) is 3.61. The first kappa shape index (κ1) is 24.0. The van der Waals surface area contributed by atoms with Crippen LogP contribution >= 0.6 is 35.7 Å². The van der Waals surface area contributed by atoms with E-state index < -0.39 is 0 Å². The van der Waals surface area contributed by atoms with E-state index in [-0.39, 0.29) is 34.6 Å². The van der Waals surface area contributed by atoms with E-state index in [0.717, 1.165) is 24.6 Å². The van der Waals surface area contributed by atoms with Crippen LogP contribution in [0.5, 0.6) is 0 Å². The van der Waals surface area contributed by atoms with Crippen LogP contribution in [0.4, 0.5) is 0 Å². The number of aliphatic imine (C=N–C) groups is 1. The van der Waals surface area contributed by atoms with Gasteiger partial charge in [0.1, 0.15) is 0 Å². The number of carbonyl (C=O) groups is 1. The Labute approximate surface area is 173 Å². The summed E-state index contributed by atoms with van der Waals surface area (Å²) in [6.07, 6.45) is 2.11. The molecule has 1 aromatic rings. The second-order valence-corrected chi connectivity index (χ2v) is 7.92. The number of hydrogen-bond acceptors (Lipinski definition) is 3. The SMILES string of the molecule is CCNC(=NCc1ccc(C(=O)N(C)C)cc1)NCC(C)(C)SC.I. The Balaban J connectivity index is 0.00000576. The van der Waals surface area contributed by atoms with Gasteiger partial charge in [0, 0.05) is 37.5 Å². The van der Waals surface area contributed by atoms with E-state index in [2.05, 4.69) is 42.7 Å². The number of nitrogens with one attached hydrogen (secondary N) is 2. The number of amides is 1. The molecule has 1 aromatic carbocycles. The molecule has 1 rings (SSSR count). The van der Waals surface area contributed by atoms with Gasteiger partial charge in [-0.15, -0.1) is 24.0 Å². The number of thioether (sulfide) groups is 1. The van der Waals surface area contributed by atoms with E-state index in [4.69, 9.17) is 0 Å². The van der Waals surface area contributed by atoms with Gasteiger partial charge >= 0.3 is 0 Å². The highest BCUT2D eigenvalue weighted by molar-refractivity contribution is 14.0. The maximum atomic E-state index is 11.9. The van der Waals surface area contributed by atoms with Crippen molar-refractivity contribution in [2.45, 2.75) is 32.1 Å². The summed E-state index contributed by atoms with van der Waals surface area (Å²) in [5.74, 6) is 0.826. The van der Waals surface area contributed by atoms with Crippen LogP contribution in [-0.4, -0.2) is 55.0 Å². The van der Waals surface area contributed by atoms with E-state index in [1.807, 2.05) is 36.0 Å². The third-order valence-corrected chi connectivity index (χ3v) is 4.85. The molecule has 142 valence electrons. The Hall–Kier alpha value is -0.960. The molecule has 0 spiro atoms. The van der Waals surface area contributed by atoms with E-state index in [0.29, 0.717) is 12.1 Å². The highest BCUT2D eigenvalue weighted by Crippen LogP contribution is 2.19. The molecular weight excluding hydrogens is 447 g/mol. The number of guanidine groups is 1. The zero-order chi connectivity index (χ0) is 18.2. The molecule has 0 fully saturated rings. The Morgan fingerprint density at radius 3 is 2.28 bits per heavy atom. The molecule has 0 aliphatic heterocycles. The molecule has 25 heavy (non-hydrogen) atoms. The Bertz CT molecular complexity index is 559. The summed E-state index contributed by atoms with van der Waals surface area (Å²) in [4.78, 5) is 18.1. The first-order chi connectivity index (χ1) is 11.3. The molecule has 0 aliphatic rings. The summed E-state index contributed by atoms with van der Waals surface area (Å²) in [5, 5.41) is 6.65. The van der Waals surface area contributed by atoms with Crippen molar-refractivity contribution in [3.63, 3.8) is 0 Å². The number of benzene rings is 1. The number of rotatable bonds is 7. The quantitative estimate of drug-likeness (QED) is 0.359. The van der Waals surface area contributed by atoms with Crippen LogP contribution in [0.25, 0.3) is 0 Å².